The number of nitrogens with one attached hydrogen (secondary N) is 1. The molecule has 4 nitrogen and oxygen atoms in total. The average molecular weight is 185 g/mol. The van der Waals surface area contributed by atoms with Gasteiger partial charge in [0.25, 0.3) is 0 Å². The molecule has 0 aliphatic carbocycles. The Bertz CT molecular complexity index is 172. The number of carbonyl (C=O) groups is 1. The van der Waals surface area contributed by atoms with Crippen LogP contribution in [0.4, 0.5) is 4.79 Å². The van der Waals surface area contributed by atoms with Gasteiger partial charge in [0, 0.05) is 26.7 Å². The first kappa shape index (κ1) is 10.3. The Balaban J connectivity index is 2.40. The zero-order chi connectivity index (χ0) is 9.68. The third-order valence-electron chi connectivity index (χ3n) is 2.54. The summed E-state index contributed by atoms with van der Waals surface area (Å²) in [5, 5.41) is 2.66. The molecule has 0 saturated carbocycles. The molecule has 1 aliphatic heterocycles. The summed E-state index contributed by atoms with van der Waals surface area (Å²) in [4.78, 5) is 15.6. The molecule has 1 aliphatic rings. The quantitative estimate of drug-likeness (QED) is 0.640. The number of urea groups is 1. The summed E-state index contributed by atoms with van der Waals surface area (Å²) in [6, 6.07) is 0.0537. The smallest absolute Gasteiger partial charge is 0.317 e. The fourth-order valence-corrected chi connectivity index (χ4v) is 1.65. The highest BCUT2D eigenvalue weighted by atomic mass is 16.2. The normalized spacial score (nSPS) is 19.7. The Morgan fingerprint density at radius 2 is 2.08 bits per heavy atom. The molecule has 0 radical (unpaired) electrons. The van der Waals surface area contributed by atoms with Crippen molar-refractivity contribution in [1.29, 1.82) is 0 Å². The summed E-state index contributed by atoms with van der Waals surface area (Å²) >= 11 is 0. The Labute approximate surface area is 79.9 Å². The van der Waals surface area contributed by atoms with Crippen LogP contribution < -0.4 is 5.32 Å². The van der Waals surface area contributed by atoms with Gasteiger partial charge in [0.15, 0.2) is 0 Å². The van der Waals surface area contributed by atoms with Crippen LogP contribution in [0.15, 0.2) is 0 Å². The van der Waals surface area contributed by atoms with E-state index in [4.69, 9.17) is 0 Å². The van der Waals surface area contributed by atoms with Crippen molar-refractivity contribution in [2.45, 2.75) is 13.3 Å². The summed E-state index contributed by atoms with van der Waals surface area (Å²) in [6.45, 7) is 7.11. The standard InChI is InChI=1S/C9H19N3O/c1-3-11-5-4-6-12(8-7-11)9(13)10-2/h3-8H2,1-2H3,(H,10,13). The predicted octanol–water partition coefficient (Wildman–Crippen LogP) is 0.353. The second kappa shape index (κ2) is 5.07. The van der Waals surface area contributed by atoms with Gasteiger partial charge in [-0.3, -0.25) is 0 Å². The maximum Gasteiger partial charge on any atom is 0.317 e. The molecular weight excluding hydrogens is 166 g/mol. The van der Waals surface area contributed by atoms with E-state index < -0.39 is 0 Å². The monoisotopic (exact) mass is 185 g/mol. The second-order valence-electron chi connectivity index (χ2n) is 3.33. The molecule has 1 fully saturated rings. The van der Waals surface area contributed by atoms with Crippen LogP contribution in [0.5, 0.6) is 0 Å². The third kappa shape index (κ3) is 2.88. The summed E-state index contributed by atoms with van der Waals surface area (Å²) in [5.74, 6) is 0. The van der Waals surface area contributed by atoms with Crippen molar-refractivity contribution in [2.75, 3.05) is 39.8 Å². The minimum Gasteiger partial charge on any atom is -0.341 e. The topological polar surface area (TPSA) is 35.6 Å². The van der Waals surface area contributed by atoms with Crippen molar-refractivity contribution in [3.63, 3.8) is 0 Å². The summed E-state index contributed by atoms with van der Waals surface area (Å²) in [6.07, 6.45) is 1.08. The van der Waals surface area contributed by atoms with Crippen molar-refractivity contribution < 1.29 is 4.79 Å². The van der Waals surface area contributed by atoms with Crippen molar-refractivity contribution in [3.8, 4) is 0 Å². The molecule has 13 heavy (non-hydrogen) atoms. The van der Waals surface area contributed by atoms with E-state index in [0.717, 1.165) is 39.1 Å². The number of rotatable bonds is 1. The highest BCUT2D eigenvalue weighted by Gasteiger charge is 2.16. The van der Waals surface area contributed by atoms with E-state index in [0.29, 0.717) is 0 Å². The first-order chi connectivity index (χ1) is 6.27. The van der Waals surface area contributed by atoms with Crippen LogP contribution in [-0.2, 0) is 0 Å². The van der Waals surface area contributed by atoms with Crippen LogP contribution in [0.1, 0.15) is 13.3 Å². The molecule has 0 bridgehead atoms. The van der Waals surface area contributed by atoms with Gasteiger partial charge in [-0.2, -0.15) is 0 Å². The summed E-state index contributed by atoms with van der Waals surface area (Å²) in [5.41, 5.74) is 0. The van der Waals surface area contributed by atoms with E-state index in [1.54, 1.807) is 7.05 Å². The van der Waals surface area contributed by atoms with Crippen LogP contribution in [0.25, 0.3) is 0 Å². The number of amides is 2. The first-order valence-corrected chi connectivity index (χ1v) is 4.97. The molecule has 1 saturated heterocycles. The van der Waals surface area contributed by atoms with Gasteiger partial charge in [0.1, 0.15) is 0 Å². The summed E-state index contributed by atoms with van der Waals surface area (Å²) in [7, 11) is 1.69. The Kier molecular flexibility index (Phi) is 4.02. The molecule has 1 heterocycles. The van der Waals surface area contributed by atoms with E-state index in [1.807, 2.05) is 4.90 Å². The van der Waals surface area contributed by atoms with Crippen LogP contribution >= 0.6 is 0 Å². The van der Waals surface area contributed by atoms with Gasteiger partial charge < -0.3 is 15.1 Å². The van der Waals surface area contributed by atoms with Gasteiger partial charge in [-0.1, -0.05) is 6.92 Å². The second-order valence-corrected chi connectivity index (χ2v) is 3.33. The number of hydrogen-bond donors (Lipinski definition) is 1. The minimum absolute atomic E-state index is 0.0537. The van der Waals surface area contributed by atoms with Gasteiger partial charge in [0.05, 0.1) is 0 Å². The molecule has 2 amide bonds. The van der Waals surface area contributed by atoms with Crippen LogP contribution in [0.2, 0.25) is 0 Å². The lowest BCUT2D eigenvalue weighted by Gasteiger charge is -2.20. The molecule has 0 spiro atoms. The fraction of sp³-hybridized carbons (Fsp3) is 0.889. The Morgan fingerprint density at radius 3 is 2.69 bits per heavy atom. The van der Waals surface area contributed by atoms with Gasteiger partial charge in [-0.25, -0.2) is 4.79 Å². The molecule has 0 atom stereocenters. The minimum atomic E-state index is 0.0537. The highest BCUT2D eigenvalue weighted by Crippen LogP contribution is 2.02. The van der Waals surface area contributed by atoms with Gasteiger partial charge in [-0.05, 0) is 19.5 Å². The van der Waals surface area contributed by atoms with E-state index in [2.05, 4.69) is 17.1 Å². The number of carbonyl (C=O) groups excluding carboxylic acids is 1. The van der Waals surface area contributed by atoms with Crippen LogP contribution in [0, 0.1) is 0 Å². The lowest BCUT2D eigenvalue weighted by Crippen LogP contribution is -2.40. The molecule has 4 heteroatoms. The third-order valence-corrected chi connectivity index (χ3v) is 2.54. The molecular formula is C9H19N3O. The van der Waals surface area contributed by atoms with E-state index in [1.165, 1.54) is 0 Å². The zero-order valence-corrected chi connectivity index (χ0v) is 8.55. The predicted molar refractivity (Wildman–Crippen MR) is 52.8 cm³/mol. The van der Waals surface area contributed by atoms with Crippen molar-refractivity contribution in [2.24, 2.45) is 0 Å². The number of hydrogen-bond acceptors (Lipinski definition) is 2. The molecule has 0 unspecified atom stereocenters. The SMILES string of the molecule is CCN1CCCN(C(=O)NC)CC1. The molecule has 0 aromatic rings. The summed E-state index contributed by atoms with van der Waals surface area (Å²) < 4.78 is 0. The lowest BCUT2D eigenvalue weighted by molar-refractivity contribution is 0.201. The Morgan fingerprint density at radius 1 is 1.31 bits per heavy atom. The van der Waals surface area contributed by atoms with E-state index in [9.17, 15) is 4.79 Å². The maximum absolute atomic E-state index is 11.3. The van der Waals surface area contributed by atoms with Crippen molar-refractivity contribution in [3.05, 3.63) is 0 Å². The Hall–Kier alpha value is -0.770. The average Bonchev–Trinajstić information content (AvgIpc) is 2.41. The number of likely N-dealkylation sites (N-methyl/N-ethyl adjacent to an activating group) is 1. The van der Waals surface area contributed by atoms with Crippen molar-refractivity contribution in [1.82, 2.24) is 15.1 Å². The lowest BCUT2D eigenvalue weighted by atomic mass is 10.4. The van der Waals surface area contributed by atoms with Gasteiger partial charge in [-0.15, -0.1) is 0 Å². The molecule has 1 rings (SSSR count). The van der Waals surface area contributed by atoms with E-state index in [-0.39, 0.29) is 6.03 Å². The van der Waals surface area contributed by atoms with Crippen LogP contribution in [-0.4, -0.2) is 55.6 Å². The maximum atomic E-state index is 11.3. The van der Waals surface area contributed by atoms with E-state index >= 15 is 0 Å². The number of nitrogens with zero attached hydrogens (tertiary/aromatic N) is 2. The first-order valence-electron chi connectivity index (χ1n) is 4.97. The van der Waals surface area contributed by atoms with Crippen molar-refractivity contribution >= 4 is 6.03 Å². The largest absolute Gasteiger partial charge is 0.341 e. The highest BCUT2D eigenvalue weighted by molar-refractivity contribution is 5.73. The molecule has 1 N–H and O–H groups in total. The van der Waals surface area contributed by atoms with Gasteiger partial charge >= 0.3 is 6.03 Å². The molecule has 0 aromatic carbocycles. The fourth-order valence-electron chi connectivity index (χ4n) is 1.65. The van der Waals surface area contributed by atoms with Gasteiger partial charge in [0.2, 0.25) is 0 Å². The zero-order valence-electron chi connectivity index (χ0n) is 8.55. The molecule has 76 valence electrons. The van der Waals surface area contributed by atoms with Crippen LogP contribution in [0.3, 0.4) is 0 Å². The molecule has 0 aromatic heterocycles.